The number of rotatable bonds is 2. The van der Waals surface area contributed by atoms with Crippen LogP contribution in [0.2, 0.25) is 0 Å². The van der Waals surface area contributed by atoms with E-state index in [1.54, 1.807) is 0 Å². The number of aromatic nitrogens is 2. The first-order valence-electron chi connectivity index (χ1n) is 5.52. The molecular formula is C13H14BrN3S. The van der Waals surface area contributed by atoms with Crippen LogP contribution in [0, 0.1) is 20.8 Å². The summed E-state index contributed by atoms with van der Waals surface area (Å²) in [6, 6.07) is 5.73. The van der Waals surface area contributed by atoms with E-state index in [1.807, 2.05) is 39.0 Å². The van der Waals surface area contributed by atoms with E-state index in [2.05, 4.69) is 25.9 Å². The fourth-order valence-electron chi connectivity index (χ4n) is 1.49. The zero-order chi connectivity index (χ0) is 13.3. The first-order chi connectivity index (χ1) is 8.47. The minimum Gasteiger partial charge on any atom is -0.399 e. The van der Waals surface area contributed by atoms with Crippen molar-refractivity contribution in [1.82, 2.24) is 9.97 Å². The Balaban J connectivity index is 2.34. The molecular weight excluding hydrogens is 310 g/mol. The molecule has 18 heavy (non-hydrogen) atoms. The molecule has 2 aromatic rings. The van der Waals surface area contributed by atoms with E-state index < -0.39 is 0 Å². The molecule has 1 aromatic heterocycles. The zero-order valence-corrected chi connectivity index (χ0v) is 12.9. The van der Waals surface area contributed by atoms with Crippen LogP contribution in [-0.4, -0.2) is 9.97 Å². The van der Waals surface area contributed by atoms with Crippen LogP contribution >= 0.6 is 27.7 Å². The number of nitrogen functional groups attached to an aromatic ring is 1. The van der Waals surface area contributed by atoms with Crippen molar-refractivity contribution >= 4 is 33.4 Å². The Bertz CT molecular complexity index is 576. The van der Waals surface area contributed by atoms with Gasteiger partial charge in [0, 0.05) is 26.4 Å². The van der Waals surface area contributed by atoms with Crippen LogP contribution in [0.4, 0.5) is 5.69 Å². The lowest BCUT2D eigenvalue weighted by Crippen LogP contribution is -1.98. The average molecular weight is 324 g/mol. The molecule has 0 atom stereocenters. The van der Waals surface area contributed by atoms with Gasteiger partial charge in [-0.2, -0.15) is 0 Å². The molecule has 2 N–H and O–H groups in total. The van der Waals surface area contributed by atoms with Crippen LogP contribution in [0.5, 0.6) is 0 Å². The lowest BCUT2D eigenvalue weighted by atomic mass is 10.2. The Morgan fingerprint density at radius 3 is 2.28 bits per heavy atom. The fraction of sp³-hybridized carbons (Fsp3) is 0.231. The van der Waals surface area contributed by atoms with E-state index in [1.165, 1.54) is 11.8 Å². The molecule has 0 unspecified atom stereocenters. The number of hydrogen-bond donors (Lipinski definition) is 1. The molecule has 3 nitrogen and oxygen atoms in total. The van der Waals surface area contributed by atoms with Gasteiger partial charge in [-0.3, -0.25) is 0 Å². The molecule has 0 aliphatic carbocycles. The lowest BCUT2D eigenvalue weighted by molar-refractivity contribution is 0.881. The van der Waals surface area contributed by atoms with Crippen LogP contribution < -0.4 is 5.73 Å². The van der Waals surface area contributed by atoms with Crippen LogP contribution in [0.1, 0.15) is 17.0 Å². The molecule has 0 aliphatic heterocycles. The van der Waals surface area contributed by atoms with Crippen LogP contribution in [0.25, 0.3) is 0 Å². The van der Waals surface area contributed by atoms with Crippen molar-refractivity contribution in [3.8, 4) is 0 Å². The third kappa shape index (κ3) is 2.84. The number of aryl methyl sites for hydroxylation is 2. The van der Waals surface area contributed by atoms with Gasteiger partial charge in [-0.25, -0.2) is 9.97 Å². The topological polar surface area (TPSA) is 51.8 Å². The van der Waals surface area contributed by atoms with E-state index in [-0.39, 0.29) is 0 Å². The van der Waals surface area contributed by atoms with E-state index >= 15 is 0 Å². The largest absolute Gasteiger partial charge is 0.399 e. The van der Waals surface area contributed by atoms with Gasteiger partial charge in [-0.15, -0.1) is 0 Å². The Hall–Kier alpha value is -1.07. The second-order valence-corrected chi connectivity index (χ2v) is 5.96. The van der Waals surface area contributed by atoms with E-state index in [4.69, 9.17) is 5.73 Å². The van der Waals surface area contributed by atoms with E-state index in [9.17, 15) is 0 Å². The predicted molar refractivity (Wildman–Crippen MR) is 78.9 cm³/mol. The van der Waals surface area contributed by atoms with Crippen molar-refractivity contribution in [3.63, 3.8) is 0 Å². The van der Waals surface area contributed by atoms with Crippen molar-refractivity contribution in [3.05, 3.63) is 39.6 Å². The second kappa shape index (κ2) is 5.28. The number of nitrogens with two attached hydrogens (primary N) is 1. The normalized spacial score (nSPS) is 10.7. The van der Waals surface area contributed by atoms with Crippen molar-refractivity contribution in [2.24, 2.45) is 0 Å². The summed E-state index contributed by atoms with van der Waals surface area (Å²) in [5.74, 6) is 0. The van der Waals surface area contributed by atoms with Gasteiger partial charge in [0.05, 0.1) is 0 Å². The standard InChI is InChI=1S/C13H14BrN3S/c1-7-8(2)16-13(17-9(7)3)18-12-5-4-10(15)6-11(12)14/h4-6H,15H2,1-3H3. The lowest BCUT2D eigenvalue weighted by Gasteiger charge is -2.08. The predicted octanol–water partition coefficient (Wildman–Crippen LogP) is 3.90. The molecule has 1 heterocycles. The number of nitrogens with zero attached hydrogens (tertiary/aromatic N) is 2. The highest BCUT2D eigenvalue weighted by Gasteiger charge is 2.08. The summed E-state index contributed by atoms with van der Waals surface area (Å²) in [6.07, 6.45) is 0. The molecule has 0 saturated carbocycles. The summed E-state index contributed by atoms with van der Waals surface area (Å²) < 4.78 is 0.965. The van der Waals surface area contributed by atoms with Gasteiger partial charge in [-0.1, -0.05) is 0 Å². The van der Waals surface area contributed by atoms with E-state index in [0.717, 1.165) is 37.2 Å². The molecule has 0 amide bonds. The summed E-state index contributed by atoms with van der Waals surface area (Å²) in [6.45, 7) is 6.05. The molecule has 94 valence electrons. The number of hydrogen-bond acceptors (Lipinski definition) is 4. The maximum Gasteiger partial charge on any atom is 0.192 e. The summed E-state index contributed by atoms with van der Waals surface area (Å²) in [5.41, 5.74) is 9.66. The van der Waals surface area contributed by atoms with Gasteiger partial charge in [0.25, 0.3) is 0 Å². The third-order valence-electron chi connectivity index (χ3n) is 2.77. The summed E-state index contributed by atoms with van der Waals surface area (Å²) in [5, 5.41) is 0.765. The molecule has 0 fully saturated rings. The molecule has 0 aliphatic rings. The Morgan fingerprint density at radius 1 is 1.11 bits per heavy atom. The first kappa shape index (κ1) is 13.4. The van der Waals surface area contributed by atoms with Crippen LogP contribution in [-0.2, 0) is 0 Å². The molecule has 0 spiro atoms. The zero-order valence-electron chi connectivity index (χ0n) is 10.5. The van der Waals surface area contributed by atoms with Crippen molar-refractivity contribution in [2.75, 3.05) is 5.73 Å². The van der Waals surface area contributed by atoms with Gasteiger partial charge in [-0.05, 0) is 72.2 Å². The van der Waals surface area contributed by atoms with Crippen LogP contribution in [0.3, 0.4) is 0 Å². The smallest absolute Gasteiger partial charge is 0.192 e. The Morgan fingerprint density at radius 2 is 1.72 bits per heavy atom. The highest BCUT2D eigenvalue weighted by Crippen LogP contribution is 2.33. The molecule has 0 radical (unpaired) electrons. The maximum atomic E-state index is 5.72. The monoisotopic (exact) mass is 323 g/mol. The van der Waals surface area contributed by atoms with Gasteiger partial charge in [0.2, 0.25) is 0 Å². The van der Waals surface area contributed by atoms with Gasteiger partial charge in [0.1, 0.15) is 0 Å². The summed E-state index contributed by atoms with van der Waals surface area (Å²) in [4.78, 5) is 10.0. The highest BCUT2D eigenvalue weighted by molar-refractivity contribution is 9.10. The summed E-state index contributed by atoms with van der Waals surface area (Å²) in [7, 11) is 0. The molecule has 5 heteroatoms. The van der Waals surface area contributed by atoms with E-state index in [0.29, 0.717) is 0 Å². The quantitative estimate of drug-likeness (QED) is 0.672. The van der Waals surface area contributed by atoms with Crippen molar-refractivity contribution < 1.29 is 0 Å². The van der Waals surface area contributed by atoms with Gasteiger partial charge in [0.15, 0.2) is 5.16 Å². The summed E-state index contributed by atoms with van der Waals surface area (Å²) >= 11 is 5.03. The number of halogens is 1. The number of anilines is 1. The maximum absolute atomic E-state index is 5.72. The molecule has 0 bridgehead atoms. The van der Waals surface area contributed by atoms with Gasteiger partial charge >= 0.3 is 0 Å². The molecule has 2 rings (SSSR count). The first-order valence-corrected chi connectivity index (χ1v) is 7.13. The Kier molecular flexibility index (Phi) is 3.92. The average Bonchev–Trinajstić information content (AvgIpc) is 2.29. The van der Waals surface area contributed by atoms with Crippen molar-refractivity contribution in [2.45, 2.75) is 30.8 Å². The SMILES string of the molecule is Cc1nc(Sc2ccc(N)cc2Br)nc(C)c1C. The van der Waals surface area contributed by atoms with Crippen molar-refractivity contribution in [1.29, 1.82) is 0 Å². The third-order valence-corrected chi connectivity index (χ3v) is 4.63. The van der Waals surface area contributed by atoms with Crippen LogP contribution in [0.15, 0.2) is 32.7 Å². The van der Waals surface area contributed by atoms with Gasteiger partial charge < -0.3 is 5.73 Å². The Labute approximate surface area is 119 Å². The second-order valence-electron chi connectivity index (χ2n) is 4.09. The molecule has 1 aromatic carbocycles. The fourth-order valence-corrected chi connectivity index (χ4v) is 2.98. The minimum atomic E-state index is 0.739. The number of benzene rings is 1. The molecule has 0 saturated heterocycles. The highest BCUT2D eigenvalue weighted by atomic mass is 79.9. The minimum absolute atomic E-state index is 0.739.